The van der Waals surface area contributed by atoms with E-state index in [-0.39, 0.29) is 5.60 Å². The monoisotopic (exact) mass is 221 g/mol. The van der Waals surface area contributed by atoms with Gasteiger partial charge in [-0.1, -0.05) is 0 Å². The number of ether oxygens (including phenoxy) is 1. The van der Waals surface area contributed by atoms with E-state index in [4.69, 9.17) is 4.74 Å². The van der Waals surface area contributed by atoms with Crippen LogP contribution in [0.25, 0.3) is 0 Å². The van der Waals surface area contributed by atoms with Crippen LogP contribution in [0.15, 0.2) is 12.4 Å². The zero-order valence-electron chi connectivity index (χ0n) is 9.78. The van der Waals surface area contributed by atoms with Crippen molar-refractivity contribution >= 4 is 0 Å². The van der Waals surface area contributed by atoms with Crippen LogP contribution in [0, 0.1) is 0 Å². The van der Waals surface area contributed by atoms with E-state index in [1.165, 1.54) is 12.0 Å². The number of nitrogens with one attached hydrogen (secondary N) is 1. The number of aromatic nitrogens is 2. The van der Waals surface area contributed by atoms with E-state index < -0.39 is 0 Å². The van der Waals surface area contributed by atoms with Crippen molar-refractivity contribution in [3.05, 3.63) is 18.0 Å². The highest BCUT2D eigenvalue weighted by Gasteiger charge is 2.41. The molecule has 4 heteroatoms. The maximum absolute atomic E-state index is 6.08. The summed E-state index contributed by atoms with van der Waals surface area (Å²) in [5.41, 5.74) is 1.49. The van der Waals surface area contributed by atoms with Gasteiger partial charge in [0.1, 0.15) is 0 Å². The predicted molar refractivity (Wildman–Crippen MR) is 61.4 cm³/mol. The van der Waals surface area contributed by atoms with Crippen LogP contribution < -0.4 is 5.32 Å². The molecule has 88 valence electrons. The molecule has 0 amide bonds. The lowest BCUT2D eigenvalue weighted by molar-refractivity contribution is -0.0193. The number of nitrogens with zero attached hydrogens (tertiary/aromatic N) is 2. The van der Waals surface area contributed by atoms with E-state index in [2.05, 4.69) is 16.6 Å². The summed E-state index contributed by atoms with van der Waals surface area (Å²) in [7, 11) is 1.97. The number of piperidine rings is 1. The van der Waals surface area contributed by atoms with E-state index in [9.17, 15) is 0 Å². The molecule has 0 saturated carbocycles. The first-order valence-corrected chi connectivity index (χ1v) is 6.11. The Balaban J connectivity index is 1.72. The number of aryl methyl sites for hydroxylation is 1. The smallest absolute Gasteiger partial charge is 0.0713 e. The van der Waals surface area contributed by atoms with Gasteiger partial charge in [-0.25, -0.2) is 0 Å². The Hall–Kier alpha value is -0.870. The summed E-state index contributed by atoms with van der Waals surface area (Å²) >= 11 is 0. The summed E-state index contributed by atoms with van der Waals surface area (Å²) in [6.07, 6.45) is 7.58. The molecule has 1 N–H and O–H groups in total. The van der Waals surface area contributed by atoms with Crippen molar-refractivity contribution in [1.82, 2.24) is 15.1 Å². The number of hydrogen-bond acceptors (Lipinski definition) is 3. The molecule has 2 saturated heterocycles. The zero-order valence-corrected chi connectivity index (χ0v) is 9.78. The molecule has 1 aromatic heterocycles. The average Bonchev–Trinajstić information content (AvgIpc) is 2.87. The Bertz CT molecular complexity index is 368. The summed E-state index contributed by atoms with van der Waals surface area (Å²) in [6, 6.07) is 0. The van der Waals surface area contributed by atoms with E-state index in [0.717, 1.165) is 32.5 Å². The molecule has 3 heterocycles. The van der Waals surface area contributed by atoms with Gasteiger partial charge in [0.15, 0.2) is 0 Å². The van der Waals surface area contributed by atoms with Crippen molar-refractivity contribution < 1.29 is 4.74 Å². The lowest BCUT2D eigenvalue weighted by Gasteiger charge is -2.32. The summed E-state index contributed by atoms with van der Waals surface area (Å²) in [4.78, 5) is 0. The van der Waals surface area contributed by atoms with E-state index >= 15 is 0 Å². The Morgan fingerprint density at radius 2 is 2.31 bits per heavy atom. The van der Waals surface area contributed by atoms with Crippen LogP contribution in [0.5, 0.6) is 0 Å². The van der Waals surface area contributed by atoms with E-state index in [1.54, 1.807) is 0 Å². The number of rotatable bonds is 1. The third-order valence-corrected chi connectivity index (χ3v) is 3.92. The van der Waals surface area contributed by atoms with E-state index in [1.807, 2.05) is 17.9 Å². The van der Waals surface area contributed by atoms with Crippen LogP contribution in [0.1, 0.15) is 30.7 Å². The SMILES string of the molecule is Cn1cc([C@@H]2COC3(CCNCC3)C2)cn1. The van der Waals surface area contributed by atoms with Crippen LogP contribution in [-0.4, -0.2) is 35.1 Å². The van der Waals surface area contributed by atoms with Gasteiger partial charge in [0, 0.05) is 19.2 Å². The zero-order chi connectivity index (χ0) is 11.0. The third kappa shape index (κ3) is 1.76. The molecule has 0 radical (unpaired) electrons. The third-order valence-electron chi connectivity index (χ3n) is 3.92. The van der Waals surface area contributed by atoms with Gasteiger partial charge in [-0.2, -0.15) is 5.10 Å². The maximum Gasteiger partial charge on any atom is 0.0713 e. The Morgan fingerprint density at radius 1 is 1.50 bits per heavy atom. The molecule has 2 aliphatic heterocycles. The minimum Gasteiger partial charge on any atom is -0.374 e. The van der Waals surface area contributed by atoms with Crippen LogP contribution in [0.4, 0.5) is 0 Å². The molecule has 1 aromatic rings. The molecule has 0 unspecified atom stereocenters. The fraction of sp³-hybridized carbons (Fsp3) is 0.750. The summed E-state index contributed by atoms with van der Waals surface area (Å²) in [5, 5.41) is 7.64. The molecule has 1 atom stereocenters. The average molecular weight is 221 g/mol. The van der Waals surface area contributed by atoms with Crippen molar-refractivity contribution in [3.63, 3.8) is 0 Å². The Morgan fingerprint density at radius 3 is 3.00 bits per heavy atom. The van der Waals surface area contributed by atoms with Crippen LogP contribution >= 0.6 is 0 Å². The first-order chi connectivity index (χ1) is 7.77. The summed E-state index contributed by atoms with van der Waals surface area (Å²) < 4.78 is 7.96. The lowest BCUT2D eigenvalue weighted by Crippen LogP contribution is -2.41. The summed E-state index contributed by atoms with van der Waals surface area (Å²) in [6.45, 7) is 3.06. The van der Waals surface area contributed by atoms with Gasteiger partial charge in [-0.05, 0) is 37.9 Å². The van der Waals surface area contributed by atoms with Gasteiger partial charge in [-0.3, -0.25) is 4.68 Å². The van der Waals surface area contributed by atoms with Crippen molar-refractivity contribution in [2.24, 2.45) is 7.05 Å². The van der Waals surface area contributed by atoms with Gasteiger partial charge in [0.25, 0.3) is 0 Å². The standard InChI is InChI=1S/C12H19N3O/c1-15-8-11(7-14-15)10-6-12(16-9-10)2-4-13-5-3-12/h7-8,10,13H,2-6,9H2,1H3/t10-/m0/s1. The van der Waals surface area contributed by atoms with E-state index in [0.29, 0.717) is 5.92 Å². The van der Waals surface area contributed by atoms with Gasteiger partial charge in [0.05, 0.1) is 18.4 Å². The van der Waals surface area contributed by atoms with Crippen molar-refractivity contribution in [1.29, 1.82) is 0 Å². The fourth-order valence-corrected chi connectivity index (χ4v) is 2.94. The highest BCUT2D eigenvalue weighted by Crippen LogP contribution is 2.41. The Kier molecular flexibility index (Phi) is 2.48. The van der Waals surface area contributed by atoms with Crippen molar-refractivity contribution in [2.75, 3.05) is 19.7 Å². The lowest BCUT2D eigenvalue weighted by atomic mass is 9.84. The van der Waals surface area contributed by atoms with Crippen LogP contribution in [0.3, 0.4) is 0 Å². The van der Waals surface area contributed by atoms with Crippen molar-refractivity contribution in [3.8, 4) is 0 Å². The van der Waals surface area contributed by atoms with Gasteiger partial charge in [0.2, 0.25) is 0 Å². The molecule has 3 rings (SSSR count). The normalized spacial score (nSPS) is 28.7. The van der Waals surface area contributed by atoms with Gasteiger partial charge >= 0.3 is 0 Å². The second-order valence-corrected chi connectivity index (χ2v) is 5.09. The van der Waals surface area contributed by atoms with Gasteiger partial charge in [-0.15, -0.1) is 0 Å². The fourth-order valence-electron chi connectivity index (χ4n) is 2.94. The van der Waals surface area contributed by atoms with Crippen LogP contribution in [-0.2, 0) is 11.8 Å². The van der Waals surface area contributed by atoms with Crippen molar-refractivity contribution in [2.45, 2.75) is 30.8 Å². The molecule has 16 heavy (non-hydrogen) atoms. The molecule has 0 aromatic carbocycles. The second kappa shape index (κ2) is 3.86. The Labute approximate surface area is 96.0 Å². The molecule has 0 bridgehead atoms. The van der Waals surface area contributed by atoms with Gasteiger partial charge < -0.3 is 10.1 Å². The highest BCUT2D eigenvalue weighted by molar-refractivity contribution is 5.15. The largest absolute Gasteiger partial charge is 0.374 e. The first-order valence-electron chi connectivity index (χ1n) is 6.11. The minimum absolute atomic E-state index is 0.158. The summed E-state index contributed by atoms with van der Waals surface area (Å²) in [5.74, 6) is 0.548. The highest BCUT2D eigenvalue weighted by atomic mass is 16.5. The maximum atomic E-state index is 6.08. The molecular weight excluding hydrogens is 202 g/mol. The predicted octanol–water partition coefficient (Wildman–Crippen LogP) is 1.05. The molecule has 2 fully saturated rings. The molecule has 2 aliphatic rings. The molecular formula is C12H19N3O. The molecule has 0 aliphatic carbocycles. The quantitative estimate of drug-likeness (QED) is 0.770. The number of hydrogen-bond donors (Lipinski definition) is 1. The minimum atomic E-state index is 0.158. The molecule has 1 spiro atoms. The molecule has 4 nitrogen and oxygen atoms in total. The first kappa shape index (κ1) is 10.3. The topological polar surface area (TPSA) is 39.1 Å². The van der Waals surface area contributed by atoms with Crippen LogP contribution in [0.2, 0.25) is 0 Å². The second-order valence-electron chi connectivity index (χ2n) is 5.09.